The zero-order valence-electron chi connectivity index (χ0n) is 27.7. The van der Waals surface area contributed by atoms with Gasteiger partial charge in [-0.15, -0.1) is 0 Å². The van der Waals surface area contributed by atoms with E-state index in [-0.39, 0.29) is 63.2 Å². The van der Waals surface area contributed by atoms with Crippen LogP contribution in [0.5, 0.6) is 0 Å². The lowest BCUT2D eigenvalue weighted by Crippen LogP contribution is -2.58. The van der Waals surface area contributed by atoms with E-state index in [0.717, 1.165) is 6.07 Å². The van der Waals surface area contributed by atoms with Crippen molar-refractivity contribution < 1.29 is 16.3 Å². The van der Waals surface area contributed by atoms with Crippen LogP contribution in [0.15, 0.2) is 60.5 Å². The number of halogens is 2. The largest absolute Gasteiger partial charge is 0.355 e. The van der Waals surface area contributed by atoms with Gasteiger partial charge in [0.1, 0.15) is 17.3 Å². The number of hydrogen-bond donors (Lipinski definition) is 0. The van der Waals surface area contributed by atoms with E-state index in [2.05, 4.69) is 21.5 Å². The van der Waals surface area contributed by atoms with Crippen LogP contribution in [0.25, 0.3) is 33.6 Å². The normalized spacial score (nSPS) is 17.5. The minimum absolute atomic E-state index is 0.0428. The van der Waals surface area contributed by atoms with Gasteiger partial charge in [-0.2, -0.15) is 4.98 Å². The van der Waals surface area contributed by atoms with Crippen LogP contribution in [0, 0.1) is 18.6 Å². The number of aryl methyl sites for hydroxylation is 1. The minimum atomic E-state index is -0.871. The Hall–Kier alpha value is -4.73. The highest BCUT2D eigenvalue weighted by Crippen LogP contribution is 2.37. The van der Waals surface area contributed by atoms with Gasteiger partial charge < -0.3 is 9.80 Å². The summed E-state index contributed by atoms with van der Waals surface area (Å²) >= 11 is 0. The van der Waals surface area contributed by atoms with Gasteiger partial charge in [-0.05, 0) is 69.0 Å². The second kappa shape index (κ2) is 11.7. The molecule has 0 unspecified atom stereocenters. The third-order valence-electron chi connectivity index (χ3n) is 8.03. The van der Waals surface area contributed by atoms with Crippen molar-refractivity contribution in [2.24, 2.45) is 0 Å². The van der Waals surface area contributed by atoms with E-state index in [1.54, 1.807) is 17.2 Å². The van der Waals surface area contributed by atoms with Gasteiger partial charge in [-0.25, -0.2) is 23.1 Å². The minimum Gasteiger partial charge on any atom is -0.347 e. The number of fused-ring (bicyclic) bond motifs is 1. The molecule has 1 fully saturated rings. The maximum Gasteiger partial charge on any atom is 0.355 e. The van der Waals surface area contributed by atoms with Crippen molar-refractivity contribution in [3.8, 4) is 16.9 Å². The highest BCUT2D eigenvalue weighted by molar-refractivity contribution is 5.92. The van der Waals surface area contributed by atoms with Crippen molar-refractivity contribution in [3.63, 3.8) is 0 Å². The molecule has 44 heavy (non-hydrogen) atoms. The van der Waals surface area contributed by atoms with E-state index >= 15 is 8.78 Å². The van der Waals surface area contributed by atoms with Crippen LogP contribution in [0.1, 0.15) is 60.1 Å². The van der Waals surface area contributed by atoms with Crippen molar-refractivity contribution in [2.45, 2.75) is 59.5 Å². The van der Waals surface area contributed by atoms with Gasteiger partial charge in [0, 0.05) is 36.9 Å². The Balaban J connectivity index is 1.89. The fraction of sp³-hybridized carbons (Fsp3) is 0.324. The molecule has 1 aromatic carbocycles. The van der Waals surface area contributed by atoms with Crippen molar-refractivity contribution in [3.05, 3.63) is 94.7 Å². The molecule has 0 N–H and O–H groups in total. The molecule has 0 aliphatic carbocycles. The fourth-order valence-corrected chi connectivity index (χ4v) is 6.09. The molecule has 0 radical (unpaired) electrons. The van der Waals surface area contributed by atoms with Crippen LogP contribution in [-0.4, -0.2) is 55.5 Å². The first kappa shape index (κ1) is 28.1. The first-order valence-electron chi connectivity index (χ1n) is 15.5. The smallest absolute Gasteiger partial charge is 0.347 e. The summed E-state index contributed by atoms with van der Waals surface area (Å²) in [5, 5.41) is 0.216. The first-order valence-corrected chi connectivity index (χ1v) is 14.5. The lowest BCUT2D eigenvalue weighted by atomic mass is 9.97. The van der Waals surface area contributed by atoms with E-state index in [4.69, 9.17) is 2.74 Å². The summed E-state index contributed by atoms with van der Waals surface area (Å²) in [6.45, 7) is 14.6. The summed E-state index contributed by atoms with van der Waals surface area (Å²) in [6, 6.07) is 6.41. The molecule has 1 amide bonds. The molecule has 0 bridgehead atoms. The number of hydrogen-bond acceptors (Lipinski definition) is 6. The Kier molecular flexibility index (Phi) is 7.49. The van der Waals surface area contributed by atoms with Crippen molar-refractivity contribution in [1.82, 2.24) is 24.4 Å². The fourth-order valence-electron chi connectivity index (χ4n) is 6.09. The number of rotatable bonds is 6. The summed E-state index contributed by atoms with van der Waals surface area (Å²) in [7, 11) is 0. The topological polar surface area (TPSA) is 84.2 Å². The van der Waals surface area contributed by atoms with Crippen molar-refractivity contribution >= 4 is 28.3 Å². The van der Waals surface area contributed by atoms with Gasteiger partial charge >= 0.3 is 5.69 Å². The van der Waals surface area contributed by atoms with Crippen molar-refractivity contribution in [1.29, 1.82) is 0 Å². The van der Waals surface area contributed by atoms with Gasteiger partial charge in [0.2, 0.25) is 5.91 Å². The lowest BCUT2D eigenvalue weighted by molar-refractivity contribution is -0.127. The highest BCUT2D eigenvalue weighted by Gasteiger charge is 2.35. The predicted molar refractivity (Wildman–Crippen MR) is 170 cm³/mol. The molecule has 1 aliphatic heterocycles. The molecule has 0 spiro atoms. The number of piperazine rings is 1. The number of aromatic nitrogens is 4. The highest BCUT2D eigenvalue weighted by atomic mass is 19.1. The average Bonchev–Trinajstić information content (AvgIpc) is 3.00. The zero-order valence-corrected chi connectivity index (χ0v) is 25.7. The molecule has 10 heteroatoms. The summed E-state index contributed by atoms with van der Waals surface area (Å²) in [4.78, 5) is 43.9. The van der Waals surface area contributed by atoms with E-state index < -0.39 is 23.9 Å². The third-order valence-corrected chi connectivity index (χ3v) is 8.03. The van der Waals surface area contributed by atoms with Gasteiger partial charge in [-0.1, -0.05) is 44.7 Å². The van der Waals surface area contributed by atoms with Crippen molar-refractivity contribution in [2.75, 3.05) is 18.0 Å². The predicted octanol–water partition coefficient (Wildman–Crippen LogP) is 6.20. The van der Waals surface area contributed by atoms with E-state index in [1.165, 1.54) is 35.8 Å². The molecule has 4 aromatic rings. The summed E-state index contributed by atoms with van der Waals surface area (Å²) in [5.74, 6) is -1.80. The number of amides is 1. The van der Waals surface area contributed by atoms with E-state index in [0.29, 0.717) is 30.0 Å². The second-order valence-electron chi connectivity index (χ2n) is 11.6. The second-order valence-corrected chi connectivity index (χ2v) is 11.6. The van der Waals surface area contributed by atoms with Gasteiger partial charge in [0.25, 0.3) is 0 Å². The molecule has 1 aliphatic rings. The number of allylic oxidation sites excluding steroid dienone is 1. The van der Waals surface area contributed by atoms with Gasteiger partial charge in [0.05, 0.1) is 19.5 Å². The van der Waals surface area contributed by atoms with Crippen LogP contribution in [0.3, 0.4) is 0 Å². The molecule has 5 rings (SSSR count). The van der Waals surface area contributed by atoms with Gasteiger partial charge in [-0.3, -0.25) is 9.78 Å². The molecular weight excluding hydrogens is 562 g/mol. The van der Waals surface area contributed by atoms with E-state index in [9.17, 15) is 9.59 Å². The van der Waals surface area contributed by atoms with Crippen LogP contribution >= 0.6 is 0 Å². The molecule has 1 saturated heterocycles. The Morgan fingerprint density at radius 1 is 1.14 bits per heavy atom. The Morgan fingerprint density at radius 2 is 1.84 bits per heavy atom. The molecule has 3 aromatic heterocycles. The Morgan fingerprint density at radius 3 is 2.48 bits per heavy atom. The molecule has 8 nitrogen and oxygen atoms in total. The molecule has 0 saturated carbocycles. The van der Waals surface area contributed by atoms with Crippen LogP contribution in [-0.2, 0) is 4.79 Å². The number of carbonyl (C=O) groups excluding carboxylic acids is 1. The number of carbonyl (C=O) groups is 1. The summed E-state index contributed by atoms with van der Waals surface area (Å²) in [5.41, 5.74) is 0.788. The maximum absolute atomic E-state index is 16.4. The Labute approximate surface area is 258 Å². The van der Waals surface area contributed by atoms with Crippen LogP contribution < -0.4 is 10.6 Å². The lowest BCUT2D eigenvalue weighted by Gasteiger charge is -2.45. The van der Waals surface area contributed by atoms with E-state index in [1.807, 2.05) is 39.5 Å². The standard InChI is InChI=1S/C34H36F2N6O2/c1-9-27(43)40-16-21(7)41(22(8)17-40)33-24-15-26(36)30(28-23(18(2)3)11-10-12-25(28)35)38-32(24)42(34(44)39-33)31-20(6)13-14-37-29(31)19(4)5/h9-15,19,21-22H,1-2,16-17H2,3-8H3/t21-,22-/m0/s1/i2D2. The quantitative estimate of drug-likeness (QED) is 0.245. The number of benzene rings is 1. The number of pyridine rings is 2. The molecule has 4 heterocycles. The molecule has 228 valence electrons. The Bertz CT molecular complexity index is 1960. The first-order chi connectivity index (χ1) is 21.8. The molecule has 2 atom stereocenters. The average molecular weight is 601 g/mol. The van der Waals surface area contributed by atoms with Crippen LogP contribution in [0.4, 0.5) is 14.6 Å². The number of nitrogens with zero attached hydrogens (tertiary/aromatic N) is 6. The molecular formula is C34H36F2N6O2. The monoisotopic (exact) mass is 600 g/mol. The maximum atomic E-state index is 16.4. The van der Waals surface area contributed by atoms with Crippen LogP contribution in [0.2, 0.25) is 0 Å². The summed E-state index contributed by atoms with van der Waals surface area (Å²) in [6.07, 6.45) is 2.90. The third kappa shape index (κ3) is 5.18. The number of anilines is 1. The SMILES string of the molecule is [2H]C([2H])=C(C)c1cccc(F)c1-c1nc2c(cc1F)c(N1[C@@H](C)CN(C(=O)C=C)C[C@@H]1C)nc(=O)n2-c1c(C)ccnc1C(C)C. The zero-order chi connectivity index (χ0) is 33.6. The summed E-state index contributed by atoms with van der Waals surface area (Å²) < 4.78 is 48.9. The van der Waals surface area contributed by atoms with Gasteiger partial charge in [0.15, 0.2) is 11.5 Å².